The molecule has 5 nitrogen and oxygen atoms in total. The summed E-state index contributed by atoms with van der Waals surface area (Å²) in [5.41, 5.74) is 8.00. The average Bonchev–Trinajstić information content (AvgIpc) is 2.46. The number of aromatic nitrogens is 1. The lowest BCUT2D eigenvalue weighted by molar-refractivity contribution is -0.129. The largest absolute Gasteiger partial charge is 0.367 e. The second-order valence-corrected chi connectivity index (χ2v) is 4.95. The summed E-state index contributed by atoms with van der Waals surface area (Å²) in [5.74, 6) is 0.155. The predicted molar refractivity (Wildman–Crippen MR) is 75.9 cm³/mol. The highest BCUT2D eigenvalue weighted by atomic mass is 16.2. The Morgan fingerprint density at radius 2 is 2.05 bits per heavy atom. The van der Waals surface area contributed by atoms with Crippen LogP contribution in [0.15, 0.2) is 18.3 Å². The van der Waals surface area contributed by atoms with Crippen LogP contribution >= 0.6 is 0 Å². The SMILES string of the molecule is CC[C@@H](N)c1ccc(N2CCN(C(C)=O)CC2)cn1. The van der Waals surface area contributed by atoms with Crippen molar-refractivity contribution in [1.82, 2.24) is 9.88 Å². The van der Waals surface area contributed by atoms with Gasteiger partial charge in [-0.2, -0.15) is 0 Å². The van der Waals surface area contributed by atoms with Crippen LogP contribution in [-0.2, 0) is 4.79 Å². The Bertz CT molecular complexity index is 424. The van der Waals surface area contributed by atoms with E-state index in [-0.39, 0.29) is 11.9 Å². The van der Waals surface area contributed by atoms with Crippen molar-refractivity contribution in [2.45, 2.75) is 26.3 Å². The van der Waals surface area contributed by atoms with Gasteiger partial charge in [-0.3, -0.25) is 9.78 Å². The van der Waals surface area contributed by atoms with Crippen LogP contribution in [-0.4, -0.2) is 42.0 Å². The molecule has 2 N–H and O–H groups in total. The van der Waals surface area contributed by atoms with Crippen molar-refractivity contribution in [2.75, 3.05) is 31.1 Å². The Balaban J connectivity index is 1.98. The van der Waals surface area contributed by atoms with Gasteiger partial charge >= 0.3 is 0 Å². The maximum absolute atomic E-state index is 11.3. The van der Waals surface area contributed by atoms with Crippen molar-refractivity contribution in [3.63, 3.8) is 0 Å². The summed E-state index contributed by atoms with van der Waals surface area (Å²) in [4.78, 5) is 19.8. The average molecular weight is 262 g/mol. The first kappa shape index (κ1) is 13.8. The van der Waals surface area contributed by atoms with Gasteiger partial charge in [-0.25, -0.2) is 0 Å². The van der Waals surface area contributed by atoms with Crippen LogP contribution in [0.4, 0.5) is 5.69 Å². The number of hydrogen-bond acceptors (Lipinski definition) is 4. The molecule has 0 unspecified atom stereocenters. The third-order valence-corrected chi connectivity index (χ3v) is 3.68. The molecule has 2 rings (SSSR count). The molecule has 0 aliphatic carbocycles. The van der Waals surface area contributed by atoms with Gasteiger partial charge in [-0.1, -0.05) is 6.92 Å². The predicted octanol–water partition coefficient (Wildman–Crippen LogP) is 1.16. The summed E-state index contributed by atoms with van der Waals surface area (Å²) in [5, 5.41) is 0. The van der Waals surface area contributed by atoms with Crippen LogP contribution in [0.2, 0.25) is 0 Å². The zero-order valence-electron chi connectivity index (χ0n) is 11.7. The molecular weight excluding hydrogens is 240 g/mol. The van der Waals surface area contributed by atoms with Gasteiger partial charge in [-0.15, -0.1) is 0 Å². The minimum Gasteiger partial charge on any atom is -0.367 e. The van der Waals surface area contributed by atoms with Gasteiger partial charge in [0, 0.05) is 39.1 Å². The van der Waals surface area contributed by atoms with Crippen molar-refractivity contribution in [3.8, 4) is 0 Å². The molecule has 1 fully saturated rings. The summed E-state index contributed by atoms with van der Waals surface area (Å²) in [7, 11) is 0. The van der Waals surface area contributed by atoms with Crippen LogP contribution in [0, 0.1) is 0 Å². The normalized spacial score (nSPS) is 17.4. The summed E-state index contributed by atoms with van der Waals surface area (Å²) in [6.45, 7) is 6.97. The summed E-state index contributed by atoms with van der Waals surface area (Å²) >= 11 is 0. The number of pyridine rings is 1. The molecular formula is C14H22N4O. The minimum atomic E-state index is 0.0172. The molecule has 1 aliphatic heterocycles. The van der Waals surface area contributed by atoms with Gasteiger partial charge in [-0.05, 0) is 18.6 Å². The lowest BCUT2D eigenvalue weighted by Crippen LogP contribution is -2.48. The fourth-order valence-electron chi connectivity index (χ4n) is 2.29. The maximum atomic E-state index is 11.3. The summed E-state index contributed by atoms with van der Waals surface area (Å²) in [6, 6.07) is 4.09. The number of hydrogen-bond donors (Lipinski definition) is 1. The number of carbonyl (C=O) groups is 1. The first-order chi connectivity index (χ1) is 9.11. The van der Waals surface area contributed by atoms with Crippen LogP contribution in [0.1, 0.15) is 32.0 Å². The van der Waals surface area contributed by atoms with E-state index < -0.39 is 0 Å². The van der Waals surface area contributed by atoms with E-state index in [2.05, 4.69) is 22.9 Å². The van der Waals surface area contributed by atoms with Crippen LogP contribution < -0.4 is 10.6 Å². The third-order valence-electron chi connectivity index (χ3n) is 3.68. The van der Waals surface area contributed by atoms with Crippen molar-refractivity contribution in [2.24, 2.45) is 5.73 Å². The molecule has 0 spiro atoms. The van der Waals surface area contributed by atoms with Gasteiger partial charge < -0.3 is 15.5 Å². The van der Waals surface area contributed by atoms with E-state index >= 15 is 0 Å². The monoisotopic (exact) mass is 262 g/mol. The molecule has 0 bridgehead atoms. The quantitative estimate of drug-likeness (QED) is 0.888. The molecule has 1 saturated heterocycles. The van der Waals surface area contributed by atoms with Crippen molar-refractivity contribution >= 4 is 11.6 Å². The van der Waals surface area contributed by atoms with E-state index in [0.717, 1.165) is 44.0 Å². The number of nitrogens with zero attached hydrogens (tertiary/aromatic N) is 3. The van der Waals surface area contributed by atoms with Crippen LogP contribution in [0.25, 0.3) is 0 Å². The lowest BCUT2D eigenvalue weighted by atomic mass is 10.1. The van der Waals surface area contributed by atoms with Crippen LogP contribution in [0.3, 0.4) is 0 Å². The molecule has 1 amide bonds. The van der Waals surface area contributed by atoms with E-state index in [0.29, 0.717) is 0 Å². The first-order valence-corrected chi connectivity index (χ1v) is 6.83. The molecule has 0 radical (unpaired) electrons. The van der Waals surface area contributed by atoms with Gasteiger partial charge in [0.05, 0.1) is 17.6 Å². The van der Waals surface area contributed by atoms with Gasteiger partial charge in [0.15, 0.2) is 0 Å². The van der Waals surface area contributed by atoms with E-state index in [4.69, 9.17) is 5.73 Å². The number of nitrogens with two attached hydrogens (primary N) is 1. The Morgan fingerprint density at radius 1 is 1.37 bits per heavy atom. The topological polar surface area (TPSA) is 62.5 Å². The van der Waals surface area contributed by atoms with Gasteiger partial charge in [0.1, 0.15) is 0 Å². The minimum absolute atomic E-state index is 0.0172. The second kappa shape index (κ2) is 6.02. The molecule has 1 aliphatic rings. The van der Waals surface area contributed by atoms with E-state index in [1.807, 2.05) is 17.2 Å². The highest BCUT2D eigenvalue weighted by Gasteiger charge is 2.19. The fourth-order valence-corrected chi connectivity index (χ4v) is 2.29. The third kappa shape index (κ3) is 3.23. The van der Waals surface area contributed by atoms with E-state index in [1.54, 1.807) is 6.92 Å². The zero-order chi connectivity index (χ0) is 13.8. The van der Waals surface area contributed by atoms with Crippen molar-refractivity contribution in [3.05, 3.63) is 24.0 Å². The smallest absolute Gasteiger partial charge is 0.219 e. The lowest BCUT2D eigenvalue weighted by Gasteiger charge is -2.35. The Labute approximate surface area is 114 Å². The highest BCUT2D eigenvalue weighted by molar-refractivity contribution is 5.73. The van der Waals surface area contributed by atoms with E-state index in [1.165, 1.54) is 0 Å². The highest BCUT2D eigenvalue weighted by Crippen LogP contribution is 2.18. The van der Waals surface area contributed by atoms with Gasteiger partial charge in [0.25, 0.3) is 0 Å². The van der Waals surface area contributed by atoms with Crippen molar-refractivity contribution in [1.29, 1.82) is 0 Å². The fraction of sp³-hybridized carbons (Fsp3) is 0.571. The summed E-state index contributed by atoms with van der Waals surface area (Å²) in [6.07, 6.45) is 2.78. The summed E-state index contributed by atoms with van der Waals surface area (Å²) < 4.78 is 0. The first-order valence-electron chi connectivity index (χ1n) is 6.83. The Hall–Kier alpha value is -1.62. The molecule has 0 saturated carbocycles. The Morgan fingerprint density at radius 3 is 2.53 bits per heavy atom. The molecule has 19 heavy (non-hydrogen) atoms. The second-order valence-electron chi connectivity index (χ2n) is 4.95. The molecule has 5 heteroatoms. The molecule has 2 heterocycles. The number of piperazine rings is 1. The van der Waals surface area contributed by atoms with Crippen LogP contribution in [0.5, 0.6) is 0 Å². The number of anilines is 1. The molecule has 0 aromatic carbocycles. The van der Waals surface area contributed by atoms with Gasteiger partial charge in [0.2, 0.25) is 5.91 Å². The zero-order valence-corrected chi connectivity index (χ0v) is 11.7. The van der Waals surface area contributed by atoms with E-state index in [9.17, 15) is 4.79 Å². The number of amides is 1. The molecule has 1 aromatic heterocycles. The number of carbonyl (C=O) groups excluding carboxylic acids is 1. The number of rotatable bonds is 3. The maximum Gasteiger partial charge on any atom is 0.219 e. The molecule has 1 aromatic rings. The van der Waals surface area contributed by atoms with Crippen molar-refractivity contribution < 1.29 is 4.79 Å². The Kier molecular flexibility index (Phi) is 4.37. The molecule has 1 atom stereocenters. The standard InChI is InChI=1S/C14H22N4O/c1-3-13(15)14-5-4-12(10-16-14)18-8-6-17(7-9-18)11(2)19/h4-5,10,13H,3,6-9,15H2,1-2H3/t13-/m1/s1. The molecule has 104 valence electrons.